The average molecular weight is 404 g/mol. The molecule has 0 spiro atoms. The molecule has 0 radical (unpaired) electrons. The summed E-state index contributed by atoms with van der Waals surface area (Å²) in [5.41, 5.74) is 6.42. The highest BCUT2D eigenvalue weighted by Crippen LogP contribution is 2.45. The zero-order chi connectivity index (χ0) is 21.0. The van der Waals surface area contributed by atoms with E-state index in [1.54, 1.807) is 27.4 Å². The van der Waals surface area contributed by atoms with Gasteiger partial charge in [-0.2, -0.15) is 5.48 Å². The van der Waals surface area contributed by atoms with E-state index in [0.29, 0.717) is 5.75 Å². The van der Waals surface area contributed by atoms with Crippen LogP contribution in [0.15, 0.2) is 35.6 Å². The number of carbonyl (C=O) groups excluding carboxylic acids is 1. The van der Waals surface area contributed by atoms with Gasteiger partial charge in [-0.3, -0.25) is 4.79 Å². The van der Waals surface area contributed by atoms with Crippen LogP contribution in [0.4, 0.5) is 0 Å². The molecule has 8 heteroatoms. The second-order valence-electron chi connectivity index (χ2n) is 6.91. The summed E-state index contributed by atoms with van der Waals surface area (Å²) in [5.74, 6) is 0.601. The summed E-state index contributed by atoms with van der Waals surface area (Å²) in [5, 5.41) is 12.2. The second-order valence-corrected chi connectivity index (χ2v) is 6.91. The lowest BCUT2D eigenvalue weighted by Crippen LogP contribution is -2.34. The highest BCUT2D eigenvalue weighted by molar-refractivity contribution is 5.85. The van der Waals surface area contributed by atoms with E-state index in [0.717, 1.165) is 40.9 Å². The van der Waals surface area contributed by atoms with E-state index in [4.69, 9.17) is 24.2 Å². The van der Waals surface area contributed by atoms with Crippen LogP contribution in [0, 0.1) is 0 Å². The molecule has 3 N–H and O–H groups in total. The molecule has 0 saturated carbocycles. The van der Waals surface area contributed by atoms with Gasteiger partial charge >= 0.3 is 0 Å². The number of amides is 1. The Morgan fingerprint density at radius 3 is 2.66 bits per heavy atom. The third-order valence-electron chi connectivity index (χ3n) is 5.38. The fourth-order valence-corrected chi connectivity index (χ4v) is 4.01. The first kappa shape index (κ1) is 21.3. The van der Waals surface area contributed by atoms with Gasteiger partial charge in [0, 0.05) is 25.8 Å². The number of ether oxygens (including phenoxy) is 3. The number of benzene rings is 1. The van der Waals surface area contributed by atoms with Crippen LogP contribution >= 0.6 is 0 Å². The topological polar surface area (TPSA) is 98.3 Å². The van der Waals surface area contributed by atoms with Crippen LogP contribution in [0.5, 0.6) is 5.75 Å². The van der Waals surface area contributed by atoms with Crippen LogP contribution in [0.2, 0.25) is 0 Å². The third-order valence-corrected chi connectivity index (χ3v) is 5.38. The van der Waals surface area contributed by atoms with Crippen molar-refractivity contribution in [3.05, 3.63) is 46.7 Å². The monoisotopic (exact) mass is 404 g/mol. The Balaban J connectivity index is 2.10. The third kappa shape index (κ3) is 4.16. The van der Waals surface area contributed by atoms with Crippen LogP contribution in [0.3, 0.4) is 0 Å². The lowest BCUT2D eigenvalue weighted by molar-refractivity contribution is -0.130. The van der Waals surface area contributed by atoms with Gasteiger partial charge in [0.25, 0.3) is 5.91 Å². The number of methoxy groups -OCH3 is 3. The van der Waals surface area contributed by atoms with Gasteiger partial charge in [0.05, 0.1) is 7.11 Å². The first-order chi connectivity index (χ1) is 14.1. The van der Waals surface area contributed by atoms with Crippen LogP contribution in [0.1, 0.15) is 30.0 Å². The van der Waals surface area contributed by atoms with Crippen molar-refractivity contribution in [3.63, 3.8) is 0 Å². The van der Waals surface area contributed by atoms with Gasteiger partial charge in [-0.25, -0.2) is 0 Å². The van der Waals surface area contributed by atoms with E-state index in [1.807, 2.05) is 19.2 Å². The Kier molecular flexibility index (Phi) is 6.92. The van der Waals surface area contributed by atoms with E-state index < -0.39 is 12.5 Å². The van der Waals surface area contributed by atoms with Gasteiger partial charge in [0.15, 0.2) is 5.75 Å². The molecule has 0 saturated heterocycles. The number of nitrogens with one attached hydrogen (secondary N) is 2. The average Bonchev–Trinajstić information content (AvgIpc) is 2.91. The summed E-state index contributed by atoms with van der Waals surface area (Å²) in [6, 6.07) is 5.70. The molecule has 1 aromatic carbocycles. The maximum atomic E-state index is 11.3. The van der Waals surface area contributed by atoms with E-state index >= 15 is 0 Å². The SMILES string of the molecule is CNC1CCC2=CC(OC)C(OC)C(OC)=C2c2ccc(ONC(=O)CO)cc21. The highest BCUT2D eigenvalue weighted by atomic mass is 16.7. The van der Waals surface area contributed by atoms with Crippen LogP contribution in [-0.4, -0.2) is 58.2 Å². The summed E-state index contributed by atoms with van der Waals surface area (Å²) in [4.78, 5) is 16.6. The second kappa shape index (κ2) is 9.41. The number of hydrogen-bond donors (Lipinski definition) is 3. The minimum atomic E-state index is -0.638. The van der Waals surface area contributed by atoms with Crippen LogP contribution in [-0.2, 0) is 19.0 Å². The molecule has 0 bridgehead atoms. The Bertz CT molecular complexity index is 819. The molecule has 0 fully saturated rings. The lowest BCUT2D eigenvalue weighted by Gasteiger charge is -2.32. The van der Waals surface area contributed by atoms with Gasteiger partial charge < -0.3 is 29.5 Å². The minimum Gasteiger partial charge on any atom is -0.498 e. The van der Waals surface area contributed by atoms with Crippen molar-refractivity contribution in [2.24, 2.45) is 0 Å². The summed E-state index contributed by atoms with van der Waals surface area (Å²) >= 11 is 0. The summed E-state index contributed by atoms with van der Waals surface area (Å²) in [7, 11) is 6.87. The van der Waals surface area contributed by atoms with E-state index in [2.05, 4.69) is 16.9 Å². The van der Waals surface area contributed by atoms with Gasteiger partial charge in [-0.05, 0) is 54.8 Å². The number of rotatable bonds is 7. The molecule has 0 aliphatic heterocycles. The molecular formula is C21H28N2O6. The molecule has 3 atom stereocenters. The first-order valence-electron chi connectivity index (χ1n) is 9.50. The molecule has 8 nitrogen and oxygen atoms in total. The van der Waals surface area contributed by atoms with Crippen molar-refractivity contribution in [3.8, 4) is 5.75 Å². The van der Waals surface area contributed by atoms with Gasteiger partial charge in [-0.1, -0.05) is 6.07 Å². The zero-order valence-electron chi connectivity index (χ0n) is 17.2. The molecule has 0 aromatic heterocycles. The fraction of sp³-hybridized carbons (Fsp3) is 0.476. The number of allylic oxidation sites excluding steroid dienone is 2. The van der Waals surface area contributed by atoms with Crippen molar-refractivity contribution in [2.75, 3.05) is 35.0 Å². The fourth-order valence-electron chi connectivity index (χ4n) is 4.01. The van der Waals surface area contributed by atoms with Gasteiger partial charge in [-0.15, -0.1) is 0 Å². The Morgan fingerprint density at radius 2 is 2.03 bits per heavy atom. The molecule has 29 heavy (non-hydrogen) atoms. The van der Waals surface area contributed by atoms with Crippen molar-refractivity contribution in [1.82, 2.24) is 10.8 Å². The van der Waals surface area contributed by atoms with Crippen molar-refractivity contribution < 1.29 is 28.9 Å². The number of fused-ring (bicyclic) bond motifs is 3. The molecular weight excluding hydrogens is 376 g/mol. The van der Waals surface area contributed by atoms with Crippen molar-refractivity contribution in [2.45, 2.75) is 31.1 Å². The number of hydroxylamine groups is 1. The number of aliphatic hydroxyl groups excluding tert-OH is 1. The Labute approximate surface area is 170 Å². The summed E-state index contributed by atoms with van der Waals surface area (Å²) < 4.78 is 17.1. The maximum absolute atomic E-state index is 11.3. The molecule has 0 heterocycles. The molecule has 1 amide bonds. The van der Waals surface area contributed by atoms with Crippen molar-refractivity contribution in [1.29, 1.82) is 0 Å². The summed E-state index contributed by atoms with van der Waals surface area (Å²) in [6.07, 6.45) is 3.26. The lowest BCUT2D eigenvalue weighted by atomic mass is 9.86. The predicted molar refractivity (Wildman–Crippen MR) is 107 cm³/mol. The van der Waals surface area contributed by atoms with Crippen molar-refractivity contribution >= 4 is 11.5 Å². The zero-order valence-corrected chi connectivity index (χ0v) is 17.2. The van der Waals surface area contributed by atoms with E-state index in [9.17, 15) is 4.79 Å². The predicted octanol–water partition coefficient (Wildman–Crippen LogP) is 1.47. The first-order valence-corrected chi connectivity index (χ1v) is 9.50. The molecule has 158 valence electrons. The minimum absolute atomic E-state index is 0.0844. The van der Waals surface area contributed by atoms with Gasteiger partial charge in [0.1, 0.15) is 24.6 Å². The Morgan fingerprint density at radius 1 is 1.24 bits per heavy atom. The molecule has 3 unspecified atom stereocenters. The summed E-state index contributed by atoms with van der Waals surface area (Å²) in [6.45, 7) is -0.638. The molecule has 2 aliphatic carbocycles. The van der Waals surface area contributed by atoms with E-state index in [1.165, 1.54) is 0 Å². The van der Waals surface area contributed by atoms with Crippen LogP contribution < -0.4 is 15.6 Å². The number of hydrogen-bond acceptors (Lipinski definition) is 7. The van der Waals surface area contributed by atoms with Crippen LogP contribution in [0.25, 0.3) is 5.57 Å². The number of aliphatic hydroxyl groups is 1. The molecule has 1 aromatic rings. The molecule has 2 aliphatic rings. The normalized spacial score (nSPS) is 23.5. The highest BCUT2D eigenvalue weighted by Gasteiger charge is 2.36. The standard InChI is InChI=1S/C21H28N2O6/c1-22-16-8-5-12-9-17(26-2)20(27-3)21(28-4)19(12)14-7-6-13(10-15(14)16)29-23-18(25)11-24/h6-7,9-10,16-17,20,22,24H,5,8,11H2,1-4H3,(H,23,25). The number of carbonyl (C=O) groups is 1. The van der Waals surface area contributed by atoms with Gasteiger partial charge in [0.2, 0.25) is 0 Å². The quantitative estimate of drug-likeness (QED) is 0.592. The smallest absolute Gasteiger partial charge is 0.278 e. The Hall–Kier alpha value is -2.39. The molecule has 3 rings (SSSR count). The van der Waals surface area contributed by atoms with E-state index in [-0.39, 0.29) is 18.2 Å². The largest absolute Gasteiger partial charge is 0.498 e. The maximum Gasteiger partial charge on any atom is 0.278 e.